The van der Waals surface area contributed by atoms with Crippen molar-refractivity contribution in [3.63, 3.8) is 0 Å². The molecule has 1 saturated heterocycles. The van der Waals surface area contributed by atoms with E-state index in [1.807, 2.05) is 0 Å². The number of hydrogen-bond donors (Lipinski definition) is 2. The van der Waals surface area contributed by atoms with Crippen LogP contribution in [0.1, 0.15) is 6.92 Å². The molecule has 5 nitrogen and oxygen atoms in total. The average molecular weight is 167 g/mol. The van der Waals surface area contributed by atoms with Gasteiger partial charge in [0.25, 0.3) is 10.1 Å². The summed E-state index contributed by atoms with van der Waals surface area (Å²) < 4.78 is 33.5. The maximum atomic E-state index is 10.3. The third-order valence-electron chi connectivity index (χ3n) is 1.29. The van der Waals surface area contributed by atoms with Crippen LogP contribution in [0.2, 0.25) is 0 Å². The molecule has 0 aliphatic carbocycles. The van der Waals surface area contributed by atoms with Crippen molar-refractivity contribution in [1.82, 2.24) is 0 Å². The molecule has 0 amide bonds. The number of ether oxygens (including phenoxy) is 1. The number of hydrogen-bond acceptors (Lipinski definition) is 4. The fourth-order valence-corrected chi connectivity index (χ4v) is 1.58. The number of nitrogens with two attached hydrogens (primary N) is 1. The van der Waals surface area contributed by atoms with Crippen molar-refractivity contribution in [2.24, 2.45) is 5.73 Å². The number of rotatable bonds is 2. The maximum absolute atomic E-state index is 10.3. The molecular formula is C4H9NO4S. The topological polar surface area (TPSA) is 92.9 Å². The second kappa shape index (κ2) is 2.16. The van der Waals surface area contributed by atoms with E-state index in [4.69, 9.17) is 10.3 Å². The minimum absolute atomic E-state index is 0.355. The van der Waals surface area contributed by atoms with Crippen molar-refractivity contribution in [1.29, 1.82) is 0 Å². The fourth-order valence-electron chi connectivity index (χ4n) is 0.721. The van der Waals surface area contributed by atoms with Crippen molar-refractivity contribution < 1.29 is 17.7 Å². The highest BCUT2D eigenvalue weighted by atomic mass is 32.2. The summed E-state index contributed by atoms with van der Waals surface area (Å²) in [5, 5.41) is 0. The third-order valence-corrected chi connectivity index (χ3v) is 2.26. The van der Waals surface area contributed by atoms with E-state index in [0.29, 0.717) is 0 Å². The Balaban J connectivity index is 2.55. The first-order valence-corrected chi connectivity index (χ1v) is 4.30. The number of epoxide rings is 1. The van der Waals surface area contributed by atoms with E-state index >= 15 is 0 Å². The van der Waals surface area contributed by atoms with Gasteiger partial charge in [-0.2, -0.15) is 8.42 Å². The van der Waals surface area contributed by atoms with Crippen LogP contribution in [-0.2, 0) is 14.9 Å². The molecule has 1 rings (SSSR count). The van der Waals surface area contributed by atoms with E-state index in [0.717, 1.165) is 0 Å². The van der Waals surface area contributed by atoms with Gasteiger partial charge in [-0.1, -0.05) is 0 Å². The van der Waals surface area contributed by atoms with Gasteiger partial charge in [0.1, 0.15) is 6.10 Å². The van der Waals surface area contributed by atoms with E-state index < -0.39 is 21.7 Å². The molecule has 0 radical (unpaired) electrons. The molecule has 3 atom stereocenters. The molecule has 0 bridgehead atoms. The summed E-state index contributed by atoms with van der Waals surface area (Å²) in [6.45, 7) is 1.62. The standard InChI is InChI=1S/C4H9NO4S/c1-2(5)3-4(9-3)10(6,7)8/h2-4H,5H2,1H3,(H,6,7,8)/t2-,3?,4?/m1/s1. The first-order valence-electron chi connectivity index (χ1n) is 2.80. The zero-order valence-electron chi connectivity index (χ0n) is 5.39. The normalized spacial score (nSPS) is 35.5. The highest BCUT2D eigenvalue weighted by molar-refractivity contribution is 7.86. The van der Waals surface area contributed by atoms with Gasteiger partial charge in [-0.25, -0.2) is 0 Å². The minimum Gasteiger partial charge on any atom is -0.348 e. The molecule has 2 unspecified atom stereocenters. The molecule has 1 heterocycles. The van der Waals surface area contributed by atoms with Gasteiger partial charge in [-0.15, -0.1) is 0 Å². The molecule has 0 saturated carbocycles. The largest absolute Gasteiger partial charge is 0.348 e. The zero-order chi connectivity index (χ0) is 7.94. The van der Waals surface area contributed by atoms with Gasteiger partial charge in [0.2, 0.25) is 5.44 Å². The fraction of sp³-hybridized carbons (Fsp3) is 1.00. The lowest BCUT2D eigenvalue weighted by molar-refractivity contribution is 0.363. The Morgan fingerprint density at radius 1 is 1.70 bits per heavy atom. The molecule has 1 aliphatic heterocycles. The van der Waals surface area contributed by atoms with Crippen molar-refractivity contribution in [2.75, 3.05) is 0 Å². The summed E-state index contributed by atoms with van der Waals surface area (Å²) in [4.78, 5) is 0. The molecule has 0 aromatic carbocycles. The van der Waals surface area contributed by atoms with Crippen molar-refractivity contribution in [2.45, 2.75) is 24.5 Å². The molecule has 1 aliphatic rings. The average Bonchev–Trinajstić information content (AvgIpc) is 2.35. The van der Waals surface area contributed by atoms with Crippen molar-refractivity contribution >= 4 is 10.1 Å². The molecule has 60 valence electrons. The molecule has 10 heavy (non-hydrogen) atoms. The van der Waals surface area contributed by atoms with Crippen LogP contribution < -0.4 is 5.73 Å². The molecular weight excluding hydrogens is 158 g/mol. The van der Waals surface area contributed by atoms with Crippen LogP contribution in [0, 0.1) is 0 Å². The molecule has 1 fully saturated rings. The maximum Gasteiger partial charge on any atom is 0.295 e. The van der Waals surface area contributed by atoms with Crippen LogP contribution in [0.4, 0.5) is 0 Å². The molecule has 6 heteroatoms. The smallest absolute Gasteiger partial charge is 0.295 e. The van der Waals surface area contributed by atoms with Crippen LogP contribution in [0.25, 0.3) is 0 Å². The zero-order valence-corrected chi connectivity index (χ0v) is 6.21. The lowest BCUT2D eigenvalue weighted by Gasteiger charge is -1.94. The lowest BCUT2D eigenvalue weighted by atomic mass is 10.3. The van der Waals surface area contributed by atoms with Crippen LogP contribution in [0.5, 0.6) is 0 Å². The van der Waals surface area contributed by atoms with E-state index in [9.17, 15) is 8.42 Å². The predicted octanol–water partition coefficient (Wildman–Crippen LogP) is -1.05. The Morgan fingerprint density at radius 3 is 2.30 bits per heavy atom. The first kappa shape index (κ1) is 7.93. The Labute approximate surface area is 58.9 Å². The van der Waals surface area contributed by atoms with Crippen LogP contribution >= 0.6 is 0 Å². The summed E-state index contributed by atoms with van der Waals surface area (Å²) in [5.74, 6) is 0. The SMILES string of the molecule is C[C@@H](N)C1OC1S(=O)(=O)O. The molecule has 0 aromatic heterocycles. The van der Waals surface area contributed by atoms with Crippen LogP contribution in [0.3, 0.4) is 0 Å². The summed E-state index contributed by atoms with van der Waals surface area (Å²) in [5.41, 5.74) is 4.19. The summed E-state index contributed by atoms with van der Waals surface area (Å²) in [6.07, 6.45) is -0.532. The third kappa shape index (κ3) is 1.46. The Hall–Kier alpha value is -0.170. The Morgan fingerprint density at radius 2 is 2.20 bits per heavy atom. The van der Waals surface area contributed by atoms with Gasteiger partial charge >= 0.3 is 0 Å². The second-order valence-corrected chi connectivity index (χ2v) is 3.84. The van der Waals surface area contributed by atoms with Gasteiger partial charge in [-0.05, 0) is 6.92 Å². The second-order valence-electron chi connectivity index (χ2n) is 2.34. The lowest BCUT2D eigenvalue weighted by Crippen LogP contribution is -2.25. The van der Waals surface area contributed by atoms with E-state index in [2.05, 4.69) is 4.74 Å². The Bertz CT molecular complexity index is 221. The first-order chi connectivity index (χ1) is 4.43. The van der Waals surface area contributed by atoms with Gasteiger partial charge in [0, 0.05) is 6.04 Å². The van der Waals surface area contributed by atoms with Gasteiger partial charge in [0.05, 0.1) is 0 Å². The highest BCUT2D eigenvalue weighted by Crippen LogP contribution is 2.28. The molecule has 3 N–H and O–H groups in total. The minimum atomic E-state index is -4.03. The Kier molecular flexibility index (Phi) is 1.71. The van der Waals surface area contributed by atoms with Crippen molar-refractivity contribution in [3.8, 4) is 0 Å². The van der Waals surface area contributed by atoms with Gasteiger partial charge in [0.15, 0.2) is 0 Å². The summed E-state index contributed by atoms with van der Waals surface area (Å²) in [6, 6.07) is -0.355. The van der Waals surface area contributed by atoms with Crippen LogP contribution in [-0.4, -0.2) is 30.6 Å². The van der Waals surface area contributed by atoms with Crippen LogP contribution in [0.15, 0.2) is 0 Å². The van der Waals surface area contributed by atoms with Gasteiger partial charge < -0.3 is 10.5 Å². The van der Waals surface area contributed by atoms with E-state index in [1.54, 1.807) is 6.92 Å². The summed E-state index contributed by atoms with van der Waals surface area (Å²) >= 11 is 0. The molecule has 0 aromatic rings. The predicted molar refractivity (Wildman–Crippen MR) is 33.9 cm³/mol. The highest BCUT2D eigenvalue weighted by Gasteiger charge is 2.50. The van der Waals surface area contributed by atoms with E-state index in [1.165, 1.54) is 0 Å². The van der Waals surface area contributed by atoms with Crippen molar-refractivity contribution in [3.05, 3.63) is 0 Å². The monoisotopic (exact) mass is 167 g/mol. The summed E-state index contributed by atoms with van der Waals surface area (Å²) in [7, 11) is -4.03. The van der Waals surface area contributed by atoms with Gasteiger partial charge in [-0.3, -0.25) is 4.55 Å². The molecule has 0 spiro atoms. The van der Waals surface area contributed by atoms with E-state index in [-0.39, 0.29) is 6.04 Å². The quantitative estimate of drug-likeness (QED) is 0.404.